The number of amides is 1. The number of likely N-dealkylation sites (tertiary alicyclic amines) is 1. The van der Waals surface area contributed by atoms with Crippen molar-refractivity contribution in [1.82, 2.24) is 14.7 Å². The number of nitro benzene ring substituents is 1. The molecule has 2 heterocycles. The average molecular weight is 527 g/mol. The maximum Gasteiger partial charge on any atom is 0.272 e. The fourth-order valence-electron chi connectivity index (χ4n) is 5.04. The molecular weight excluding hydrogens is 496 g/mol. The van der Waals surface area contributed by atoms with Gasteiger partial charge in [0.15, 0.2) is 0 Å². The molecular formula is C30H30N4O5. The molecule has 9 nitrogen and oxygen atoms in total. The first kappa shape index (κ1) is 26.0. The molecule has 4 aromatic rings. The Labute approximate surface area is 226 Å². The van der Waals surface area contributed by atoms with Crippen molar-refractivity contribution < 1.29 is 19.2 Å². The first-order valence-electron chi connectivity index (χ1n) is 12.9. The minimum Gasteiger partial charge on any atom is -0.497 e. The Hall–Kier alpha value is -4.66. The summed E-state index contributed by atoms with van der Waals surface area (Å²) >= 11 is 0. The molecule has 1 fully saturated rings. The van der Waals surface area contributed by atoms with Crippen LogP contribution in [0.4, 0.5) is 5.69 Å². The maximum absolute atomic E-state index is 13.8. The average Bonchev–Trinajstić information content (AvgIpc) is 3.42. The molecule has 0 bridgehead atoms. The zero-order chi connectivity index (χ0) is 27.4. The summed E-state index contributed by atoms with van der Waals surface area (Å²) in [7, 11) is 3.15. The minimum absolute atomic E-state index is 0.0312. The van der Waals surface area contributed by atoms with E-state index in [2.05, 4.69) is 24.3 Å². The lowest BCUT2D eigenvalue weighted by Gasteiger charge is -2.32. The van der Waals surface area contributed by atoms with Crippen LogP contribution in [0.2, 0.25) is 0 Å². The predicted molar refractivity (Wildman–Crippen MR) is 148 cm³/mol. The molecule has 0 unspecified atom stereocenters. The SMILES string of the molecule is COc1ccc(-c2cc(C(=O)N3CCC(Cc4ccccc4)CC3)n(-c3ccc([N+](=O)[O-])cc3)n2)c(OC)c1. The van der Waals surface area contributed by atoms with Crippen LogP contribution < -0.4 is 9.47 Å². The lowest BCUT2D eigenvalue weighted by molar-refractivity contribution is -0.384. The number of carbonyl (C=O) groups excluding carboxylic acids is 1. The van der Waals surface area contributed by atoms with Crippen molar-refractivity contribution in [3.05, 3.63) is 100 Å². The molecule has 0 aliphatic carbocycles. The number of aromatic nitrogens is 2. The number of nitro groups is 1. The number of hydrogen-bond acceptors (Lipinski definition) is 6. The van der Waals surface area contributed by atoms with Crippen LogP contribution in [0.3, 0.4) is 0 Å². The summed E-state index contributed by atoms with van der Waals surface area (Å²) in [5.41, 5.74) is 3.48. The summed E-state index contributed by atoms with van der Waals surface area (Å²) in [6, 6.07) is 23.6. The molecule has 1 saturated heterocycles. The highest BCUT2D eigenvalue weighted by atomic mass is 16.6. The number of rotatable bonds is 8. The Morgan fingerprint density at radius 1 is 0.974 bits per heavy atom. The van der Waals surface area contributed by atoms with Gasteiger partial charge in [0.2, 0.25) is 0 Å². The zero-order valence-corrected chi connectivity index (χ0v) is 21.9. The van der Waals surface area contributed by atoms with Gasteiger partial charge in [-0.2, -0.15) is 5.10 Å². The third kappa shape index (κ3) is 5.62. The van der Waals surface area contributed by atoms with Crippen LogP contribution in [0.25, 0.3) is 16.9 Å². The van der Waals surface area contributed by atoms with Crippen LogP contribution >= 0.6 is 0 Å². The van der Waals surface area contributed by atoms with Gasteiger partial charge in [-0.1, -0.05) is 30.3 Å². The number of nitrogens with zero attached hydrogens (tertiary/aromatic N) is 4. The van der Waals surface area contributed by atoms with E-state index in [0.29, 0.717) is 53.1 Å². The highest BCUT2D eigenvalue weighted by molar-refractivity contribution is 5.94. The first-order valence-corrected chi connectivity index (χ1v) is 12.9. The predicted octanol–water partition coefficient (Wildman–Crippen LogP) is 5.56. The summed E-state index contributed by atoms with van der Waals surface area (Å²) in [6.45, 7) is 1.31. The van der Waals surface area contributed by atoms with Crippen LogP contribution in [-0.2, 0) is 6.42 Å². The fourth-order valence-corrected chi connectivity index (χ4v) is 5.04. The number of carbonyl (C=O) groups is 1. The van der Waals surface area contributed by atoms with Crippen molar-refractivity contribution >= 4 is 11.6 Å². The van der Waals surface area contributed by atoms with Gasteiger partial charge in [0, 0.05) is 36.9 Å². The molecule has 200 valence electrons. The Morgan fingerprint density at radius 3 is 2.33 bits per heavy atom. The van der Waals surface area contributed by atoms with Crippen LogP contribution in [0.1, 0.15) is 28.9 Å². The van der Waals surface area contributed by atoms with Gasteiger partial charge in [-0.05, 0) is 61.1 Å². The van der Waals surface area contributed by atoms with Crippen LogP contribution in [0.5, 0.6) is 11.5 Å². The second-order valence-corrected chi connectivity index (χ2v) is 9.59. The van der Waals surface area contributed by atoms with E-state index < -0.39 is 4.92 Å². The topological polar surface area (TPSA) is 99.7 Å². The Bertz CT molecular complexity index is 1460. The van der Waals surface area contributed by atoms with Gasteiger partial charge < -0.3 is 14.4 Å². The molecule has 1 aromatic heterocycles. The summed E-state index contributed by atoms with van der Waals surface area (Å²) in [5.74, 6) is 1.59. The molecule has 39 heavy (non-hydrogen) atoms. The Balaban J connectivity index is 1.45. The fraction of sp³-hybridized carbons (Fsp3) is 0.267. The summed E-state index contributed by atoms with van der Waals surface area (Å²) in [5, 5.41) is 15.9. The van der Waals surface area contributed by atoms with E-state index >= 15 is 0 Å². The molecule has 1 aliphatic heterocycles. The zero-order valence-electron chi connectivity index (χ0n) is 21.9. The van der Waals surface area contributed by atoms with Gasteiger partial charge in [-0.3, -0.25) is 14.9 Å². The first-order chi connectivity index (χ1) is 19.0. The largest absolute Gasteiger partial charge is 0.497 e. The molecule has 1 aliphatic rings. The van der Waals surface area contributed by atoms with E-state index in [1.807, 2.05) is 23.1 Å². The normalized spacial score (nSPS) is 13.7. The van der Waals surface area contributed by atoms with Crippen LogP contribution in [0.15, 0.2) is 78.9 Å². The summed E-state index contributed by atoms with van der Waals surface area (Å²) < 4.78 is 12.5. The number of ether oxygens (including phenoxy) is 2. The molecule has 0 saturated carbocycles. The summed E-state index contributed by atoms with van der Waals surface area (Å²) in [4.78, 5) is 26.4. The number of benzene rings is 3. The van der Waals surface area contributed by atoms with Gasteiger partial charge >= 0.3 is 0 Å². The van der Waals surface area contributed by atoms with E-state index in [4.69, 9.17) is 14.6 Å². The third-order valence-electron chi connectivity index (χ3n) is 7.19. The molecule has 0 N–H and O–H groups in total. The van der Waals surface area contributed by atoms with E-state index in [-0.39, 0.29) is 11.6 Å². The van der Waals surface area contributed by atoms with E-state index in [1.165, 1.54) is 17.7 Å². The van der Waals surface area contributed by atoms with E-state index in [0.717, 1.165) is 19.3 Å². The number of non-ortho nitro benzene ring substituents is 1. The molecule has 9 heteroatoms. The van der Waals surface area contributed by atoms with Crippen molar-refractivity contribution in [3.63, 3.8) is 0 Å². The molecule has 0 atom stereocenters. The second-order valence-electron chi connectivity index (χ2n) is 9.59. The molecule has 3 aromatic carbocycles. The van der Waals surface area contributed by atoms with Gasteiger partial charge in [-0.25, -0.2) is 4.68 Å². The van der Waals surface area contributed by atoms with Crippen molar-refractivity contribution in [2.24, 2.45) is 5.92 Å². The number of piperidine rings is 1. The standard InChI is InChI=1S/C30H30N4O5/c1-38-25-12-13-26(29(19-25)39-2)27-20-28(33(31-27)23-8-10-24(11-9-23)34(36)37)30(35)32-16-14-22(15-17-32)18-21-6-4-3-5-7-21/h3-13,19-20,22H,14-18H2,1-2H3. The molecule has 0 radical (unpaired) electrons. The molecule has 0 spiro atoms. The van der Waals surface area contributed by atoms with Crippen LogP contribution in [0, 0.1) is 16.0 Å². The molecule has 5 rings (SSSR count). The Morgan fingerprint density at radius 2 is 1.69 bits per heavy atom. The van der Waals surface area contributed by atoms with Gasteiger partial charge in [-0.15, -0.1) is 0 Å². The maximum atomic E-state index is 13.8. The number of methoxy groups -OCH3 is 2. The summed E-state index contributed by atoms with van der Waals surface area (Å²) in [6.07, 6.45) is 2.85. The highest BCUT2D eigenvalue weighted by Crippen LogP contribution is 2.34. The highest BCUT2D eigenvalue weighted by Gasteiger charge is 2.28. The van der Waals surface area contributed by atoms with E-state index in [9.17, 15) is 14.9 Å². The van der Waals surface area contributed by atoms with E-state index in [1.54, 1.807) is 43.2 Å². The lowest BCUT2D eigenvalue weighted by Crippen LogP contribution is -2.39. The Kier molecular flexibility index (Phi) is 7.58. The van der Waals surface area contributed by atoms with Crippen molar-refractivity contribution in [3.8, 4) is 28.4 Å². The number of hydrogen-bond donors (Lipinski definition) is 0. The van der Waals surface area contributed by atoms with Crippen molar-refractivity contribution in [2.75, 3.05) is 27.3 Å². The van der Waals surface area contributed by atoms with Gasteiger partial charge in [0.1, 0.15) is 17.2 Å². The quantitative estimate of drug-likeness (QED) is 0.220. The second kappa shape index (κ2) is 11.4. The van der Waals surface area contributed by atoms with Gasteiger partial charge in [0.05, 0.1) is 30.5 Å². The third-order valence-corrected chi connectivity index (χ3v) is 7.19. The molecule has 1 amide bonds. The van der Waals surface area contributed by atoms with Crippen molar-refractivity contribution in [2.45, 2.75) is 19.3 Å². The lowest BCUT2D eigenvalue weighted by atomic mass is 9.90. The monoisotopic (exact) mass is 526 g/mol. The van der Waals surface area contributed by atoms with Crippen LogP contribution in [-0.4, -0.2) is 52.8 Å². The smallest absolute Gasteiger partial charge is 0.272 e. The van der Waals surface area contributed by atoms with Gasteiger partial charge in [0.25, 0.3) is 11.6 Å². The van der Waals surface area contributed by atoms with Crippen molar-refractivity contribution in [1.29, 1.82) is 0 Å². The minimum atomic E-state index is -0.452.